The van der Waals surface area contributed by atoms with Crippen molar-refractivity contribution in [2.24, 2.45) is 0 Å². The maximum Gasteiger partial charge on any atom is 0.282 e. The van der Waals surface area contributed by atoms with Crippen molar-refractivity contribution in [1.82, 2.24) is 10.3 Å². The van der Waals surface area contributed by atoms with Crippen molar-refractivity contribution in [3.8, 4) is 17.0 Å². The highest BCUT2D eigenvalue weighted by Gasteiger charge is 2.20. The molecule has 0 aliphatic heterocycles. The van der Waals surface area contributed by atoms with E-state index in [0.717, 1.165) is 17.0 Å². The Kier molecular flexibility index (Phi) is 5.92. The Morgan fingerprint density at radius 1 is 1.21 bits per heavy atom. The number of carbonyl (C=O) groups excluding carboxylic acids is 1. The largest absolute Gasteiger partial charge is 0.497 e. The third kappa shape index (κ3) is 4.48. The van der Waals surface area contributed by atoms with Crippen LogP contribution >= 0.6 is 23.6 Å². The predicted molar refractivity (Wildman–Crippen MR) is 111 cm³/mol. The van der Waals surface area contributed by atoms with Gasteiger partial charge < -0.3 is 10.1 Å². The second-order valence-electron chi connectivity index (χ2n) is 5.45. The zero-order chi connectivity index (χ0) is 20.1. The summed E-state index contributed by atoms with van der Waals surface area (Å²) >= 11 is 6.43. The number of aromatic nitrogens is 1. The smallest absolute Gasteiger partial charge is 0.282 e. The van der Waals surface area contributed by atoms with Gasteiger partial charge in [-0.3, -0.25) is 20.2 Å². The van der Waals surface area contributed by atoms with Crippen molar-refractivity contribution in [3.63, 3.8) is 0 Å². The summed E-state index contributed by atoms with van der Waals surface area (Å²) in [5.74, 6) is 0.0768. The molecule has 2 aromatic carbocycles. The highest BCUT2D eigenvalue weighted by atomic mass is 32.1. The van der Waals surface area contributed by atoms with Crippen LogP contribution in [0.4, 0.5) is 10.8 Å². The van der Waals surface area contributed by atoms with Gasteiger partial charge in [-0.05, 0) is 42.5 Å². The molecule has 0 aliphatic rings. The van der Waals surface area contributed by atoms with E-state index in [9.17, 15) is 14.9 Å². The van der Waals surface area contributed by atoms with Crippen LogP contribution in [0.5, 0.6) is 5.75 Å². The molecule has 0 radical (unpaired) electrons. The Labute approximate surface area is 169 Å². The highest BCUT2D eigenvalue weighted by Crippen LogP contribution is 2.26. The van der Waals surface area contributed by atoms with E-state index in [0.29, 0.717) is 5.13 Å². The number of hydrogen-bond donors (Lipinski definition) is 2. The molecule has 0 atom stereocenters. The van der Waals surface area contributed by atoms with E-state index < -0.39 is 10.8 Å². The van der Waals surface area contributed by atoms with Crippen LogP contribution in [0.3, 0.4) is 0 Å². The molecule has 3 rings (SSSR count). The lowest BCUT2D eigenvalue weighted by Gasteiger charge is -2.07. The van der Waals surface area contributed by atoms with Gasteiger partial charge in [0.05, 0.1) is 17.7 Å². The molecule has 0 unspecified atom stereocenters. The first-order valence-corrected chi connectivity index (χ1v) is 9.22. The van der Waals surface area contributed by atoms with Gasteiger partial charge in [-0.1, -0.05) is 12.1 Å². The standard InChI is InChI=1S/C18H14N4O4S2/c1-26-12-8-6-11(7-9-12)14-10-28-18(19-14)21-17(27)20-16(23)13-4-2-3-5-15(13)22(24)25/h2-10H,1H3,(H2,19,20,21,23,27). The van der Waals surface area contributed by atoms with Gasteiger partial charge in [0.1, 0.15) is 11.3 Å². The minimum absolute atomic E-state index is 0.00113. The van der Waals surface area contributed by atoms with Crippen molar-refractivity contribution >= 4 is 45.4 Å². The molecular formula is C18H14N4O4S2. The van der Waals surface area contributed by atoms with Crippen LogP contribution < -0.4 is 15.4 Å². The number of thiocarbonyl (C=S) groups is 1. The fraction of sp³-hybridized carbons (Fsp3) is 0.0556. The molecule has 0 bridgehead atoms. The minimum Gasteiger partial charge on any atom is -0.497 e. The number of nitro groups is 1. The van der Waals surface area contributed by atoms with E-state index >= 15 is 0 Å². The third-order valence-electron chi connectivity index (χ3n) is 3.68. The minimum atomic E-state index is -0.670. The maximum atomic E-state index is 12.3. The molecular weight excluding hydrogens is 400 g/mol. The molecule has 8 nitrogen and oxygen atoms in total. The zero-order valence-electron chi connectivity index (χ0n) is 14.5. The molecule has 0 fully saturated rings. The zero-order valence-corrected chi connectivity index (χ0v) is 16.2. The first-order chi connectivity index (χ1) is 13.5. The quantitative estimate of drug-likeness (QED) is 0.371. The van der Waals surface area contributed by atoms with Crippen molar-refractivity contribution in [2.75, 3.05) is 12.4 Å². The van der Waals surface area contributed by atoms with Gasteiger partial charge >= 0.3 is 0 Å². The van der Waals surface area contributed by atoms with Gasteiger partial charge in [0, 0.05) is 17.0 Å². The van der Waals surface area contributed by atoms with E-state index in [-0.39, 0.29) is 16.4 Å². The molecule has 1 aromatic heterocycles. The SMILES string of the molecule is COc1ccc(-c2csc(NC(=S)NC(=O)c3ccccc3[N+](=O)[O-])n2)cc1. The number of para-hydroxylation sites is 1. The first kappa shape index (κ1) is 19.4. The van der Waals surface area contributed by atoms with Gasteiger partial charge in [-0.25, -0.2) is 4.98 Å². The van der Waals surface area contributed by atoms with Crippen LogP contribution in [-0.4, -0.2) is 28.0 Å². The van der Waals surface area contributed by atoms with Crippen molar-refractivity contribution in [2.45, 2.75) is 0 Å². The lowest BCUT2D eigenvalue weighted by Crippen LogP contribution is -2.34. The Balaban J connectivity index is 1.66. The van der Waals surface area contributed by atoms with E-state index in [1.807, 2.05) is 29.6 Å². The molecule has 0 spiro atoms. The molecule has 142 valence electrons. The molecule has 1 heterocycles. The third-order valence-corrected chi connectivity index (χ3v) is 4.64. The number of carbonyl (C=O) groups is 1. The van der Waals surface area contributed by atoms with Crippen LogP contribution in [0.25, 0.3) is 11.3 Å². The second kappa shape index (κ2) is 8.55. The molecule has 3 aromatic rings. The fourth-order valence-electron chi connectivity index (χ4n) is 2.35. The van der Waals surface area contributed by atoms with Gasteiger partial charge in [-0.15, -0.1) is 11.3 Å². The summed E-state index contributed by atoms with van der Waals surface area (Å²) < 4.78 is 5.13. The first-order valence-electron chi connectivity index (χ1n) is 7.93. The van der Waals surface area contributed by atoms with Crippen LogP contribution in [-0.2, 0) is 0 Å². The Morgan fingerprint density at radius 2 is 1.93 bits per heavy atom. The number of thiazole rings is 1. The van der Waals surface area contributed by atoms with Gasteiger partial charge in [0.2, 0.25) is 0 Å². The van der Waals surface area contributed by atoms with Gasteiger partial charge in [-0.2, -0.15) is 0 Å². The fourth-order valence-corrected chi connectivity index (χ4v) is 3.33. The van der Waals surface area contributed by atoms with Crippen LogP contribution in [0.1, 0.15) is 10.4 Å². The molecule has 0 aliphatic carbocycles. The van der Waals surface area contributed by atoms with Crippen molar-refractivity contribution in [3.05, 3.63) is 69.6 Å². The maximum absolute atomic E-state index is 12.3. The Morgan fingerprint density at radius 3 is 2.61 bits per heavy atom. The molecule has 0 saturated heterocycles. The number of anilines is 1. The van der Waals surface area contributed by atoms with Crippen LogP contribution in [0.15, 0.2) is 53.9 Å². The molecule has 10 heteroatoms. The summed E-state index contributed by atoms with van der Waals surface area (Å²) in [7, 11) is 1.60. The number of nitrogens with zero attached hydrogens (tertiary/aromatic N) is 2. The van der Waals surface area contributed by atoms with E-state index in [2.05, 4.69) is 15.6 Å². The number of amides is 1. The molecule has 0 saturated carbocycles. The lowest BCUT2D eigenvalue weighted by molar-refractivity contribution is -0.385. The van der Waals surface area contributed by atoms with Crippen molar-refractivity contribution in [1.29, 1.82) is 0 Å². The van der Waals surface area contributed by atoms with E-state index in [1.165, 1.54) is 29.5 Å². The summed E-state index contributed by atoms with van der Waals surface area (Å²) in [4.78, 5) is 27.1. The van der Waals surface area contributed by atoms with Crippen LogP contribution in [0, 0.1) is 10.1 Å². The summed E-state index contributed by atoms with van der Waals surface area (Å²) in [6.45, 7) is 0. The second-order valence-corrected chi connectivity index (χ2v) is 6.72. The number of methoxy groups -OCH3 is 1. The number of nitrogens with one attached hydrogen (secondary N) is 2. The number of benzene rings is 2. The van der Waals surface area contributed by atoms with Crippen molar-refractivity contribution < 1.29 is 14.5 Å². The number of nitro benzene ring substituents is 1. The molecule has 28 heavy (non-hydrogen) atoms. The molecule has 1 amide bonds. The van der Waals surface area contributed by atoms with Gasteiger partial charge in [0.25, 0.3) is 11.6 Å². The normalized spacial score (nSPS) is 10.2. The number of hydrogen-bond acceptors (Lipinski definition) is 7. The topological polar surface area (TPSA) is 106 Å². The lowest BCUT2D eigenvalue weighted by atomic mass is 10.1. The summed E-state index contributed by atoms with van der Waals surface area (Å²) in [5.41, 5.74) is 1.27. The van der Waals surface area contributed by atoms with Gasteiger partial charge in [0.15, 0.2) is 10.2 Å². The monoisotopic (exact) mass is 414 g/mol. The van der Waals surface area contributed by atoms with E-state index in [1.54, 1.807) is 13.2 Å². The Bertz CT molecular complexity index is 1030. The summed E-state index contributed by atoms with van der Waals surface area (Å²) in [6, 6.07) is 13.1. The molecule has 2 N–H and O–H groups in total. The number of rotatable bonds is 5. The highest BCUT2D eigenvalue weighted by molar-refractivity contribution is 7.80. The summed E-state index contributed by atoms with van der Waals surface area (Å²) in [5, 5.41) is 18.6. The van der Waals surface area contributed by atoms with Crippen LogP contribution in [0.2, 0.25) is 0 Å². The number of ether oxygens (including phenoxy) is 1. The average Bonchev–Trinajstić information content (AvgIpc) is 3.16. The Hall–Kier alpha value is -3.37. The van der Waals surface area contributed by atoms with E-state index in [4.69, 9.17) is 17.0 Å². The summed E-state index contributed by atoms with van der Waals surface area (Å²) in [6.07, 6.45) is 0. The predicted octanol–water partition coefficient (Wildman–Crippen LogP) is 3.85. The average molecular weight is 414 g/mol.